The summed E-state index contributed by atoms with van der Waals surface area (Å²) in [5.74, 6) is -0.340. The fourth-order valence-electron chi connectivity index (χ4n) is 5.75. The Labute approximate surface area is 224 Å². The first-order valence-electron chi connectivity index (χ1n) is 13.4. The number of fused-ring (bicyclic) bond motifs is 1. The minimum Gasteiger partial charge on any atom is -0.493 e. The second-order valence-corrected chi connectivity index (χ2v) is 10.1. The van der Waals surface area contributed by atoms with Crippen LogP contribution in [0.1, 0.15) is 43.4 Å². The first-order valence-corrected chi connectivity index (χ1v) is 13.4. The largest absolute Gasteiger partial charge is 0.493 e. The van der Waals surface area contributed by atoms with Gasteiger partial charge in [-0.3, -0.25) is 14.5 Å². The summed E-state index contributed by atoms with van der Waals surface area (Å²) >= 11 is 0. The van der Waals surface area contributed by atoms with Gasteiger partial charge in [0.15, 0.2) is 11.5 Å². The fraction of sp³-hybridized carbons (Fsp3) is 0.571. The molecule has 3 heterocycles. The number of carbonyl (C=O) groups is 2. The van der Waals surface area contributed by atoms with E-state index in [4.69, 9.17) is 19.9 Å². The number of benzene rings is 1. The lowest BCUT2D eigenvalue weighted by atomic mass is 9.83. The third-order valence-electron chi connectivity index (χ3n) is 7.76. The highest BCUT2D eigenvalue weighted by molar-refractivity contribution is 5.79. The van der Waals surface area contributed by atoms with E-state index in [0.717, 1.165) is 24.1 Å². The molecule has 2 aliphatic rings. The Balaban J connectivity index is 1.65. The van der Waals surface area contributed by atoms with Crippen LogP contribution in [0, 0.1) is 5.92 Å². The van der Waals surface area contributed by atoms with E-state index in [1.807, 2.05) is 47.0 Å². The van der Waals surface area contributed by atoms with Crippen LogP contribution >= 0.6 is 0 Å². The van der Waals surface area contributed by atoms with Gasteiger partial charge in [0.25, 0.3) is 0 Å². The van der Waals surface area contributed by atoms with Gasteiger partial charge >= 0.3 is 5.97 Å². The van der Waals surface area contributed by atoms with Crippen molar-refractivity contribution < 1.29 is 28.9 Å². The van der Waals surface area contributed by atoms with Gasteiger partial charge in [0.05, 0.1) is 19.6 Å². The summed E-state index contributed by atoms with van der Waals surface area (Å²) < 4.78 is 18.8. The lowest BCUT2D eigenvalue weighted by Crippen LogP contribution is -2.45. The van der Waals surface area contributed by atoms with Gasteiger partial charge in [0.2, 0.25) is 18.4 Å². The summed E-state index contributed by atoms with van der Waals surface area (Å²) in [6, 6.07) is 7.41. The minimum atomic E-state index is -0.872. The van der Waals surface area contributed by atoms with E-state index < -0.39 is 11.9 Å². The highest BCUT2D eigenvalue weighted by Gasteiger charge is 2.47. The number of nitrogens with two attached hydrogens (primary N) is 1. The first kappa shape index (κ1) is 27.8. The van der Waals surface area contributed by atoms with Crippen LogP contribution in [0.3, 0.4) is 0 Å². The molecule has 1 amide bonds. The molecular formula is C28H40N4O6. The smallest absolute Gasteiger partial charge is 0.308 e. The maximum atomic E-state index is 13.4. The molecule has 208 valence electrons. The molecule has 3 N–H and O–H groups in total. The van der Waals surface area contributed by atoms with Crippen LogP contribution < -0.4 is 19.9 Å². The Morgan fingerprint density at radius 2 is 2.08 bits per heavy atom. The maximum Gasteiger partial charge on any atom is 0.308 e. The van der Waals surface area contributed by atoms with E-state index in [0.29, 0.717) is 56.3 Å². The monoisotopic (exact) mass is 528 g/mol. The number of rotatable bonds is 13. The molecule has 3 atom stereocenters. The Bertz CT molecular complexity index is 1120. The zero-order valence-electron chi connectivity index (χ0n) is 22.6. The van der Waals surface area contributed by atoms with Crippen molar-refractivity contribution in [2.24, 2.45) is 18.7 Å². The second kappa shape index (κ2) is 12.5. The van der Waals surface area contributed by atoms with E-state index in [-0.39, 0.29) is 31.2 Å². The fourth-order valence-corrected chi connectivity index (χ4v) is 5.75. The van der Waals surface area contributed by atoms with Crippen molar-refractivity contribution in [3.8, 4) is 17.2 Å². The topological polar surface area (TPSA) is 119 Å². The number of hydrogen-bond donors (Lipinski definition) is 2. The number of ether oxygens (including phenoxy) is 3. The maximum absolute atomic E-state index is 13.4. The van der Waals surface area contributed by atoms with Gasteiger partial charge in [-0.15, -0.1) is 0 Å². The molecule has 1 fully saturated rings. The Morgan fingerprint density at radius 3 is 2.74 bits per heavy atom. The lowest BCUT2D eigenvalue weighted by molar-refractivity contribution is -0.143. The molecule has 0 bridgehead atoms. The van der Waals surface area contributed by atoms with Crippen molar-refractivity contribution in [2.45, 2.75) is 44.6 Å². The number of likely N-dealkylation sites (tertiary alicyclic amines) is 1. The van der Waals surface area contributed by atoms with Gasteiger partial charge in [-0.1, -0.05) is 13.3 Å². The number of aromatic nitrogens is 1. The van der Waals surface area contributed by atoms with Crippen molar-refractivity contribution in [2.75, 3.05) is 46.6 Å². The molecule has 0 aliphatic carbocycles. The van der Waals surface area contributed by atoms with Crippen LogP contribution in [-0.4, -0.2) is 84.0 Å². The number of methoxy groups -OCH3 is 1. The molecule has 10 heteroatoms. The highest BCUT2D eigenvalue weighted by Crippen LogP contribution is 2.47. The molecule has 2 aliphatic heterocycles. The van der Waals surface area contributed by atoms with Crippen molar-refractivity contribution in [3.63, 3.8) is 0 Å². The zero-order valence-corrected chi connectivity index (χ0v) is 22.6. The summed E-state index contributed by atoms with van der Waals surface area (Å²) in [6.07, 6.45) is 5.20. The molecule has 3 unspecified atom stereocenters. The number of aryl methyl sites for hydroxylation is 2. The van der Waals surface area contributed by atoms with Crippen molar-refractivity contribution >= 4 is 11.9 Å². The van der Waals surface area contributed by atoms with Gasteiger partial charge in [0.1, 0.15) is 0 Å². The Hall–Kier alpha value is -3.24. The van der Waals surface area contributed by atoms with E-state index in [1.54, 1.807) is 7.11 Å². The van der Waals surface area contributed by atoms with Crippen LogP contribution in [0.15, 0.2) is 30.5 Å². The third kappa shape index (κ3) is 5.91. The van der Waals surface area contributed by atoms with Gasteiger partial charge in [-0.05, 0) is 49.1 Å². The second-order valence-electron chi connectivity index (χ2n) is 10.1. The molecule has 2 aromatic rings. The normalized spacial score (nSPS) is 20.6. The van der Waals surface area contributed by atoms with Gasteiger partial charge < -0.3 is 34.5 Å². The summed E-state index contributed by atoms with van der Waals surface area (Å²) in [5.41, 5.74) is 7.73. The van der Waals surface area contributed by atoms with E-state index in [1.165, 1.54) is 0 Å². The molecule has 0 radical (unpaired) electrons. The van der Waals surface area contributed by atoms with E-state index >= 15 is 0 Å². The number of nitrogens with zero attached hydrogens (tertiary/aromatic N) is 3. The molecule has 38 heavy (non-hydrogen) atoms. The highest BCUT2D eigenvalue weighted by atomic mass is 16.7. The van der Waals surface area contributed by atoms with E-state index in [9.17, 15) is 14.7 Å². The predicted molar refractivity (Wildman–Crippen MR) is 143 cm³/mol. The molecule has 1 aromatic heterocycles. The van der Waals surface area contributed by atoms with Crippen LogP contribution in [-0.2, 0) is 23.1 Å². The van der Waals surface area contributed by atoms with Crippen molar-refractivity contribution in [1.82, 2.24) is 14.4 Å². The van der Waals surface area contributed by atoms with Crippen LogP contribution in [0.25, 0.3) is 0 Å². The van der Waals surface area contributed by atoms with Crippen LogP contribution in [0.4, 0.5) is 0 Å². The van der Waals surface area contributed by atoms with Crippen molar-refractivity contribution in [1.29, 1.82) is 0 Å². The SMILES string of the molecule is CCCCN(CCN)C(=O)CN1CC(c2cc(OC)c3c(c2)OCO3)C(C(=O)O)C1CCc1cccn1C. The average molecular weight is 529 g/mol. The number of carbonyl (C=O) groups excluding carboxylic acids is 1. The predicted octanol–water partition coefficient (Wildman–Crippen LogP) is 2.45. The number of amides is 1. The molecule has 10 nitrogen and oxygen atoms in total. The van der Waals surface area contributed by atoms with Crippen LogP contribution in [0.5, 0.6) is 17.2 Å². The Morgan fingerprint density at radius 1 is 1.26 bits per heavy atom. The standard InChI is InChI=1S/C28H40N4O6/c1-4-5-12-31(13-10-29)25(33)17-32-16-21(19-14-23(36-3)27-24(15-19)37-18-38-27)26(28(34)35)22(32)9-8-20-7-6-11-30(20)2/h6-7,11,14-15,21-22,26H,4-5,8-10,12-13,16-18,29H2,1-3H3,(H,34,35). The summed E-state index contributed by atoms with van der Waals surface area (Å²) in [5, 5.41) is 10.5. The quantitative estimate of drug-likeness (QED) is 0.407. The molecule has 1 saturated heterocycles. The number of unbranched alkanes of at least 4 members (excludes halogenated alkanes) is 1. The first-order chi connectivity index (χ1) is 18.4. The number of carboxylic acids is 1. The van der Waals surface area contributed by atoms with Crippen molar-refractivity contribution in [3.05, 3.63) is 41.7 Å². The lowest BCUT2D eigenvalue weighted by Gasteiger charge is -2.29. The molecular weight excluding hydrogens is 488 g/mol. The van der Waals surface area contributed by atoms with Crippen LogP contribution in [0.2, 0.25) is 0 Å². The number of hydrogen-bond acceptors (Lipinski definition) is 7. The molecule has 0 saturated carbocycles. The third-order valence-corrected chi connectivity index (χ3v) is 7.76. The summed E-state index contributed by atoms with van der Waals surface area (Å²) in [6.45, 7) is 4.32. The van der Waals surface area contributed by atoms with E-state index in [2.05, 4.69) is 11.8 Å². The minimum absolute atomic E-state index is 0.0131. The number of carboxylic acid groups (broad SMARTS) is 1. The summed E-state index contributed by atoms with van der Waals surface area (Å²) in [4.78, 5) is 30.1. The average Bonchev–Trinajstić information content (AvgIpc) is 3.63. The van der Waals surface area contributed by atoms with Gasteiger partial charge in [0, 0.05) is 57.1 Å². The van der Waals surface area contributed by atoms with Gasteiger partial charge in [-0.2, -0.15) is 0 Å². The van der Waals surface area contributed by atoms with Gasteiger partial charge in [-0.25, -0.2) is 0 Å². The molecule has 4 rings (SSSR count). The summed E-state index contributed by atoms with van der Waals surface area (Å²) in [7, 11) is 3.54. The zero-order chi connectivity index (χ0) is 27.2. The molecule has 0 spiro atoms. The Kier molecular flexibility index (Phi) is 9.17. The number of aliphatic carboxylic acids is 1. The molecule has 1 aromatic carbocycles.